The van der Waals surface area contributed by atoms with Gasteiger partial charge in [0.2, 0.25) is 11.8 Å². The molecule has 1 heterocycles. The van der Waals surface area contributed by atoms with Gasteiger partial charge in [0.05, 0.1) is 12.5 Å². The Hall–Kier alpha value is -1.34. The minimum absolute atomic E-state index is 0.00952. The van der Waals surface area contributed by atoms with E-state index in [0.29, 0.717) is 29.7 Å². The van der Waals surface area contributed by atoms with Gasteiger partial charge in [0.1, 0.15) is 0 Å². The number of benzene rings is 1. The number of hydrogen-bond donors (Lipinski definition) is 3. The van der Waals surface area contributed by atoms with Crippen molar-refractivity contribution < 1.29 is 9.59 Å². The molecule has 0 aromatic heterocycles. The predicted octanol–water partition coefficient (Wildman–Crippen LogP) is 0.674. The van der Waals surface area contributed by atoms with Crippen LogP contribution in [0.2, 0.25) is 10.0 Å². The summed E-state index contributed by atoms with van der Waals surface area (Å²) in [5, 5.41) is 3.81. The second-order valence-corrected chi connectivity index (χ2v) is 5.56. The van der Waals surface area contributed by atoms with Crippen LogP contribution in [-0.4, -0.2) is 35.8 Å². The van der Waals surface area contributed by atoms with Crippen molar-refractivity contribution in [1.29, 1.82) is 0 Å². The van der Waals surface area contributed by atoms with Crippen molar-refractivity contribution in [3.05, 3.63) is 33.8 Å². The van der Waals surface area contributed by atoms with Gasteiger partial charge in [0.25, 0.3) is 0 Å². The lowest BCUT2D eigenvalue weighted by Gasteiger charge is -2.34. The van der Waals surface area contributed by atoms with Crippen LogP contribution in [0, 0.1) is 0 Å². The van der Waals surface area contributed by atoms with E-state index < -0.39 is 11.9 Å². The summed E-state index contributed by atoms with van der Waals surface area (Å²) in [7, 11) is 0. The molecule has 1 aliphatic heterocycles. The van der Waals surface area contributed by atoms with Gasteiger partial charge in [-0.3, -0.25) is 19.9 Å². The zero-order valence-corrected chi connectivity index (χ0v) is 12.7. The van der Waals surface area contributed by atoms with Crippen molar-refractivity contribution >= 4 is 35.0 Å². The highest BCUT2D eigenvalue weighted by molar-refractivity contribution is 6.35. The summed E-state index contributed by atoms with van der Waals surface area (Å²) in [5.74, 6) is 4.49. The average Bonchev–Trinajstić information content (AvgIpc) is 2.46. The Labute approximate surface area is 132 Å². The summed E-state index contributed by atoms with van der Waals surface area (Å²) in [6.07, 6.45) is -0.00952. The number of amides is 2. The lowest BCUT2D eigenvalue weighted by Crippen LogP contribution is -2.56. The first-order chi connectivity index (χ1) is 10.0. The van der Waals surface area contributed by atoms with Crippen LogP contribution in [0.25, 0.3) is 0 Å². The number of nitrogens with one attached hydrogen (secondary N) is 2. The molecule has 1 fully saturated rings. The Morgan fingerprint density at radius 2 is 2.10 bits per heavy atom. The van der Waals surface area contributed by atoms with Crippen LogP contribution in [0.4, 0.5) is 0 Å². The zero-order chi connectivity index (χ0) is 15.4. The molecule has 0 radical (unpaired) electrons. The topological polar surface area (TPSA) is 87.5 Å². The number of nitrogens with zero attached hydrogens (tertiary/aromatic N) is 1. The van der Waals surface area contributed by atoms with E-state index in [9.17, 15) is 9.59 Å². The fraction of sp³-hybridized carbons (Fsp3) is 0.385. The fourth-order valence-electron chi connectivity index (χ4n) is 2.29. The molecule has 0 spiro atoms. The number of rotatable bonds is 4. The first kappa shape index (κ1) is 16.0. The van der Waals surface area contributed by atoms with Crippen molar-refractivity contribution in [1.82, 2.24) is 15.6 Å². The Balaban J connectivity index is 2.19. The number of carbonyl (C=O) groups is 2. The molecule has 4 N–H and O–H groups in total. The summed E-state index contributed by atoms with van der Waals surface area (Å²) in [6.45, 7) is 1.52. The maximum Gasteiger partial charge on any atom is 0.237 e. The van der Waals surface area contributed by atoms with Gasteiger partial charge in [-0.15, -0.1) is 0 Å². The van der Waals surface area contributed by atoms with Crippen LogP contribution >= 0.6 is 23.2 Å². The van der Waals surface area contributed by atoms with Crippen LogP contribution in [0.3, 0.4) is 0 Å². The monoisotopic (exact) mass is 330 g/mol. The van der Waals surface area contributed by atoms with E-state index >= 15 is 0 Å². The predicted molar refractivity (Wildman–Crippen MR) is 80.6 cm³/mol. The van der Waals surface area contributed by atoms with Crippen LogP contribution in [0.5, 0.6) is 0 Å². The molecular formula is C13H16Cl2N4O2. The van der Waals surface area contributed by atoms with E-state index in [1.54, 1.807) is 18.2 Å². The van der Waals surface area contributed by atoms with Gasteiger partial charge in [0, 0.05) is 35.2 Å². The minimum Gasteiger partial charge on any atom is -0.353 e. The maximum absolute atomic E-state index is 12.0. The first-order valence-corrected chi connectivity index (χ1v) is 7.22. The van der Waals surface area contributed by atoms with Gasteiger partial charge in [-0.2, -0.15) is 0 Å². The van der Waals surface area contributed by atoms with Crippen molar-refractivity contribution in [2.45, 2.75) is 19.0 Å². The highest BCUT2D eigenvalue weighted by atomic mass is 35.5. The molecule has 2 amide bonds. The van der Waals surface area contributed by atoms with E-state index in [4.69, 9.17) is 29.0 Å². The fourth-order valence-corrected chi connectivity index (χ4v) is 2.81. The Kier molecular flexibility index (Phi) is 5.41. The normalized spacial score (nSPS) is 19.2. The SMILES string of the molecule is NNC(=O)CC1C(=O)NCCN1Cc1c(Cl)cccc1Cl. The number of halogens is 2. The molecule has 114 valence electrons. The molecule has 0 aliphatic carbocycles. The van der Waals surface area contributed by atoms with Crippen LogP contribution in [0.15, 0.2) is 18.2 Å². The molecule has 1 atom stereocenters. The molecular weight excluding hydrogens is 315 g/mol. The number of nitrogens with two attached hydrogens (primary N) is 1. The lowest BCUT2D eigenvalue weighted by molar-refractivity contribution is -0.134. The molecule has 6 nitrogen and oxygen atoms in total. The van der Waals surface area contributed by atoms with Crippen molar-refractivity contribution in [2.24, 2.45) is 5.84 Å². The summed E-state index contributed by atoms with van der Waals surface area (Å²) in [6, 6.07) is 4.66. The third kappa shape index (κ3) is 3.85. The van der Waals surface area contributed by atoms with Crippen LogP contribution in [0.1, 0.15) is 12.0 Å². The van der Waals surface area contributed by atoms with Crippen molar-refractivity contribution in [3.8, 4) is 0 Å². The first-order valence-electron chi connectivity index (χ1n) is 6.47. The second-order valence-electron chi connectivity index (χ2n) is 4.75. The van der Waals surface area contributed by atoms with E-state index in [-0.39, 0.29) is 12.3 Å². The minimum atomic E-state index is -0.588. The maximum atomic E-state index is 12.0. The van der Waals surface area contributed by atoms with E-state index in [1.807, 2.05) is 10.3 Å². The number of piperazine rings is 1. The van der Waals surface area contributed by atoms with Crippen molar-refractivity contribution in [3.63, 3.8) is 0 Å². The molecule has 8 heteroatoms. The molecule has 1 aromatic carbocycles. The van der Waals surface area contributed by atoms with Gasteiger partial charge in [0.15, 0.2) is 0 Å². The lowest BCUT2D eigenvalue weighted by atomic mass is 10.1. The van der Waals surface area contributed by atoms with E-state index in [1.165, 1.54) is 0 Å². The summed E-state index contributed by atoms with van der Waals surface area (Å²) >= 11 is 12.3. The van der Waals surface area contributed by atoms with Crippen LogP contribution in [-0.2, 0) is 16.1 Å². The standard InChI is InChI=1S/C13H16Cl2N4O2/c14-9-2-1-3-10(15)8(9)7-19-5-4-17-13(21)11(19)6-12(20)18-16/h1-3,11H,4-7,16H2,(H,17,21)(H,18,20). The second kappa shape index (κ2) is 7.09. The third-order valence-corrected chi connectivity index (χ3v) is 4.11. The van der Waals surface area contributed by atoms with E-state index in [0.717, 1.165) is 5.56 Å². The Morgan fingerprint density at radius 3 is 2.71 bits per heavy atom. The Bertz CT molecular complexity index is 533. The number of hydrogen-bond acceptors (Lipinski definition) is 4. The third-order valence-electron chi connectivity index (χ3n) is 3.40. The van der Waals surface area contributed by atoms with Gasteiger partial charge in [-0.1, -0.05) is 29.3 Å². The molecule has 0 saturated carbocycles. The summed E-state index contributed by atoms with van der Waals surface area (Å²) in [5.41, 5.74) is 2.79. The molecule has 1 aromatic rings. The molecule has 1 aliphatic rings. The van der Waals surface area contributed by atoms with Gasteiger partial charge in [-0.25, -0.2) is 5.84 Å². The summed E-state index contributed by atoms with van der Waals surface area (Å²) < 4.78 is 0. The zero-order valence-electron chi connectivity index (χ0n) is 11.2. The molecule has 2 rings (SSSR count). The molecule has 21 heavy (non-hydrogen) atoms. The van der Waals surface area contributed by atoms with Crippen molar-refractivity contribution in [2.75, 3.05) is 13.1 Å². The van der Waals surface area contributed by atoms with E-state index in [2.05, 4.69) is 5.32 Å². The molecule has 1 saturated heterocycles. The quantitative estimate of drug-likeness (QED) is 0.430. The average molecular weight is 331 g/mol. The number of hydrazine groups is 1. The molecule has 1 unspecified atom stereocenters. The molecule has 0 bridgehead atoms. The Morgan fingerprint density at radius 1 is 1.43 bits per heavy atom. The highest BCUT2D eigenvalue weighted by Gasteiger charge is 2.32. The summed E-state index contributed by atoms with van der Waals surface area (Å²) in [4.78, 5) is 25.3. The largest absolute Gasteiger partial charge is 0.353 e. The van der Waals surface area contributed by atoms with Gasteiger partial charge in [-0.05, 0) is 12.1 Å². The number of carbonyl (C=O) groups excluding carboxylic acids is 2. The van der Waals surface area contributed by atoms with Gasteiger partial charge < -0.3 is 5.32 Å². The van der Waals surface area contributed by atoms with Gasteiger partial charge >= 0.3 is 0 Å². The smallest absolute Gasteiger partial charge is 0.237 e. The van der Waals surface area contributed by atoms with Crippen LogP contribution < -0.4 is 16.6 Å². The highest BCUT2D eigenvalue weighted by Crippen LogP contribution is 2.27.